The normalized spacial score (nSPS) is 27.6. The highest BCUT2D eigenvalue weighted by Gasteiger charge is 2.44. The van der Waals surface area contributed by atoms with E-state index in [1.807, 2.05) is 6.92 Å². The van der Waals surface area contributed by atoms with Gasteiger partial charge in [-0.3, -0.25) is 5.84 Å². The van der Waals surface area contributed by atoms with Crippen molar-refractivity contribution in [3.63, 3.8) is 0 Å². The molecule has 3 unspecified atom stereocenters. The Morgan fingerprint density at radius 2 is 2.24 bits per heavy atom. The molecular weight excluding hydrogens is 274 g/mol. The maximum Gasteiger partial charge on any atom is 0.131 e. The van der Waals surface area contributed by atoms with Gasteiger partial charge in [0.25, 0.3) is 0 Å². The molecule has 118 valence electrons. The summed E-state index contributed by atoms with van der Waals surface area (Å²) < 4.78 is 33.3. The van der Waals surface area contributed by atoms with Crippen LogP contribution in [0.4, 0.5) is 8.78 Å². The summed E-state index contributed by atoms with van der Waals surface area (Å²) in [5, 5.41) is 0. The Balaban J connectivity index is 2.39. The third-order valence-electron chi connectivity index (χ3n) is 4.39. The Kier molecular flexibility index (Phi) is 5.30. The average Bonchev–Trinajstić information content (AvgIpc) is 2.42. The van der Waals surface area contributed by atoms with Crippen molar-refractivity contribution < 1.29 is 13.5 Å². The molecule has 3 atom stereocenters. The molecule has 21 heavy (non-hydrogen) atoms. The van der Waals surface area contributed by atoms with E-state index < -0.39 is 23.3 Å². The summed E-state index contributed by atoms with van der Waals surface area (Å²) in [4.78, 5) is 0. The first kappa shape index (κ1) is 16.3. The Labute approximate surface area is 124 Å². The summed E-state index contributed by atoms with van der Waals surface area (Å²) in [6.45, 7) is 4.63. The highest BCUT2D eigenvalue weighted by Crippen LogP contribution is 2.43. The summed E-state index contributed by atoms with van der Waals surface area (Å²) >= 11 is 0. The zero-order valence-electron chi connectivity index (χ0n) is 12.7. The largest absolute Gasteiger partial charge is 0.373 e. The number of nitrogens with one attached hydrogen (secondary N) is 1. The predicted molar refractivity (Wildman–Crippen MR) is 78.4 cm³/mol. The number of rotatable bonds is 5. The molecule has 0 bridgehead atoms. The molecule has 1 aliphatic rings. The van der Waals surface area contributed by atoms with Crippen molar-refractivity contribution in [2.75, 3.05) is 6.61 Å². The zero-order chi connectivity index (χ0) is 15.5. The molecule has 0 heterocycles. The number of halogens is 2. The molecule has 1 aromatic rings. The number of nitrogens with two attached hydrogens (primary N) is 1. The number of hydrogen-bond donors (Lipinski definition) is 2. The lowest BCUT2D eigenvalue weighted by Gasteiger charge is -2.45. The second-order valence-electron chi connectivity index (χ2n) is 5.96. The van der Waals surface area contributed by atoms with Crippen molar-refractivity contribution in [2.45, 2.75) is 51.2 Å². The Bertz CT molecular complexity index is 479. The van der Waals surface area contributed by atoms with Crippen molar-refractivity contribution in [2.24, 2.45) is 11.8 Å². The molecular formula is C16H24F2N2O. The zero-order valence-corrected chi connectivity index (χ0v) is 12.7. The molecule has 5 heteroatoms. The number of hydrazine groups is 1. The summed E-state index contributed by atoms with van der Waals surface area (Å²) in [7, 11) is 0. The lowest BCUT2D eigenvalue weighted by Crippen LogP contribution is -2.51. The van der Waals surface area contributed by atoms with Gasteiger partial charge in [0.1, 0.15) is 11.6 Å². The van der Waals surface area contributed by atoms with Crippen molar-refractivity contribution in [1.82, 2.24) is 5.43 Å². The fourth-order valence-corrected chi connectivity index (χ4v) is 3.57. The first-order valence-corrected chi connectivity index (χ1v) is 7.57. The van der Waals surface area contributed by atoms with E-state index in [9.17, 15) is 8.78 Å². The van der Waals surface area contributed by atoms with E-state index in [1.165, 1.54) is 12.1 Å². The predicted octanol–water partition coefficient (Wildman–Crippen LogP) is 3.45. The Morgan fingerprint density at radius 1 is 1.48 bits per heavy atom. The van der Waals surface area contributed by atoms with Gasteiger partial charge in [0, 0.05) is 18.2 Å². The monoisotopic (exact) mass is 298 g/mol. The third-order valence-corrected chi connectivity index (χ3v) is 4.39. The lowest BCUT2D eigenvalue weighted by molar-refractivity contribution is -0.102. The first-order chi connectivity index (χ1) is 10.0. The van der Waals surface area contributed by atoms with Gasteiger partial charge in [-0.25, -0.2) is 14.2 Å². The van der Waals surface area contributed by atoms with Gasteiger partial charge in [-0.15, -0.1) is 0 Å². The highest BCUT2D eigenvalue weighted by molar-refractivity contribution is 5.25. The fraction of sp³-hybridized carbons (Fsp3) is 0.625. The van der Waals surface area contributed by atoms with Crippen molar-refractivity contribution in [3.05, 3.63) is 35.4 Å². The van der Waals surface area contributed by atoms with E-state index in [1.54, 1.807) is 0 Å². The average molecular weight is 298 g/mol. The summed E-state index contributed by atoms with van der Waals surface area (Å²) in [6, 6.07) is 3.12. The minimum atomic E-state index is -0.588. The van der Waals surface area contributed by atoms with E-state index >= 15 is 0 Å². The fourth-order valence-electron chi connectivity index (χ4n) is 3.57. The van der Waals surface area contributed by atoms with Gasteiger partial charge in [0.05, 0.1) is 11.6 Å². The standard InChI is InChI=1S/C16H24F2N2O/c1-3-21-16(8-4-5-11(2)10-16)15(20-19)13-7-6-12(17)9-14(13)18/h6-7,9,11,15,20H,3-5,8,10,19H2,1-2H3. The van der Waals surface area contributed by atoms with Gasteiger partial charge < -0.3 is 4.74 Å². The van der Waals surface area contributed by atoms with Crippen LogP contribution in [0.15, 0.2) is 18.2 Å². The SMILES string of the molecule is CCOC1(C(NN)c2ccc(F)cc2F)CCCC(C)C1. The summed E-state index contributed by atoms with van der Waals surface area (Å²) in [5.74, 6) is 5.03. The third kappa shape index (κ3) is 3.42. The lowest BCUT2D eigenvalue weighted by atomic mass is 9.72. The van der Waals surface area contributed by atoms with E-state index in [0.717, 1.165) is 31.7 Å². The van der Waals surface area contributed by atoms with Gasteiger partial charge in [0.15, 0.2) is 0 Å². The van der Waals surface area contributed by atoms with Gasteiger partial charge in [-0.1, -0.05) is 25.8 Å². The molecule has 0 radical (unpaired) electrons. The highest BCUT2D eigenvalue weighted by atomic mass is 19.1. The van der Waals surface area contributed by atoms with Crippen LogP contribution >= 0.6 is 0 Å². The summed E-state index contributed by atoms with van der Waals surface area (Å²) in [5.41, 5.74) is 2.53. The van der Waals surface area contributed by atoms with Crippen LogP contribution in [0.2, 0.25) is 0 Å². The van der Waals surface area contributed by atoms with E-state index in [2.05, 4.69) is 12.3 Å². The van der Waals surface area contributed by atoms with E-state index in [0.29, 0.717) is 18.1 Å². The Hall–Kier alpha value is -1.04. The smallest absolute Gasteiger partial charge is 0.131 e. The van der Waals surface area contributed by atoms with Crippen molar-refractivity contribution in [3.8, 4) is 0 Å². The van der Waals surface area contributed by atoms with Crippen LogP contribution in [0.5, 0.6) is 0 Å². The number of benzene rings is 1. The molecule has 0 amide bonds. The molecule has 0 aromatic heterocycles. The molecule has 0 saturated heterocycles. The second-order valence-corrected chi connectivity index (χ2v) is 5.96. The van der Waals surface area contributed by atoms with Gasteiger partial charge >= 0.3 is 0 Å². The van der Waals surface area contributed by atoms with Crippen LogP contribution in [0.25, 0.3) is 0 Å². The molecule has 1 aromatic carbocycles. The molecule has 3 N–H and O–H groups in total. The Morgan fingerprint density at radius 3 is 2.81 bits per heavy atom. The molecule has 2 rings (SSSR count). The van der Waals surface area contributed by atoms with E-state index in [-0.39, 0.29) is 0 Å². The number of hydrogen-bond acceptors (Lipinski definition) is 3. The van der Waals surface area contributed by atoms with Crippen LogP contribution in [-0.2, 0) is 4.74 Å². The summed E-state index contributed by atoms with van der Waals surface area (Å²) in [6.07, 6.45) is 3.78. The van der Waals surface area contributed by atoms with Crippen LogP contribution < -0.4 is 11.3 Å². The van der Waals surface area contributed by atoms with Gasteiger partial charge in [-0.05, 0) is 31.7 Å². The maximum atomic E-state index is 14.2. The molecule has 0 spiro atoms. The van der Waals surface area contributed by atoms with Crippen LogP contribution in [0, 0.1) is 17.6 Å². The van der Waals surface area contributed by atoms with Crippen LogP contribution in [0.1, 0.15) is 51.1 Å². The van der Waals surface area contributed by atoms with Crippen LogP contribution in [-0.4, -0.2) is 12.2 Å². The molecule has 1 aliphatic carbocycles. The quantitative estimate of drug-likeness (QED) is 0.646. The number of ether oxygens (including phenoxy) is 1. The van der Waals surface area contributed by atoms with Gasteiger partial charge in [0.2, 0.25) is 0 Å². The van der Waals surface area contributed by atoms with Crippen molar-refractivity contribution >= 4 is 0 Å². The van der Waals surface area contributed by atoms with Crippen molar-refractivity contribution in [1.29, 1.82) is 0 Å². The minimum absolute atomic E-state index is 0.362. The molecule has 0 aliphatic heterocycles. The topological polar surface area (TPSA) is 47.3 Å². The van der Waals surface area contributed by atoms with Gasteiger partial charge in [-0.2, -0.15) is 0 Å². The molecule has 3 nitrogen and oxygen atoms in total. The molecule has 1 saturated carbocycles. The maximum absolute atomic E-state index is 14.2. The van der Waals surface area contributed by atoms with Crippen LogP contribution in [0.3, 0.4) is 0 Å². The minimum Gasteiger partial charge on any atom is -0.373 e. The molecule has 1 fully saturated rings. The van der Waals surface area contributed by atoms with E-state index in [4.69, 9.17) is 10.6 Å². The first-order valence-electron chi connectivity index (χ1n) is 7.57. The second kappa shape index (κ2) is 6.81.